The summed E-state index contributed by atoms with van der Waals surface area (Å²) in [6.07, 6.45) is 1.88. The number of thiazole rings is 1. The number of carbonyl (C=O) groups excluding carboxylic acids is 1. The van der Waals surface area contributed by atoms with Gasteiger partial charge in [-0.3, -0.25) is 9.36 Å². The molecule has 0 fully saturated rings. The maximum absolute atomic E-state index is 14.4. The summed E-state index contributed by atoms with van der Waals surface area (Å²) in [6.45, 7) is 7.71. The molecular formula is C34H29Cl2N3O4S. The molecule has 3 aromatic carbocycles. The number of hydrogen-bond donors (Lipinski definition) is 0. The van der Waals surface area contributed by atoms with Crippen LogP contribution in [0.25, 0.3) is 22.5 Å². The molecule has 7 nitrogen and oxygen atoms in total. The Balaban J connectivity index is 1.60. The number of halogens is 2. The first-order valence-electron chi connectivity index (χ1n) is 14.0. The number of esters is 1. The van der Waals surface area contributed by atoms with Crippen molar-refractivity contribution < 1.29 is 14.3 Å². The summed E-state index contributed by atoms with van der Waals surface area (Å²) in [5.41, 5.74) is 4.89. The summed E-state index contributed by atoms with van der Waals surface area (Å²) < 4.78 is 15.5. The molecule has 0 bridgehead atoms. The van der Waals surface area contributed by atoms with E-state index in [4.69, 9.17) is 37.7 Å². The van der Waals surface area contributed by atoms with Gasteiger partial charge >= 0.3 is 5.97 Å². The molecular weight excluding hydrogens is 617 g/mol. The Labute approximate surface area is 267 Å². The van der Waals surface area contributed by atoms with Crippen LogP contribution in [0, 0.1) is 13.8 Å². The SMILES string of the molecule is CCOC(=O)C1=C(C)N=c2s/c(=C/c3cc(C)n(-c4ccc(Cl)c(Cl)c4)c3C)c(=O)n2[C@@H]1c1c(OC)ccc2ccccc12. The van der Waals surface area contributed by atoms with Crippen molar-refractivity contribution in [3.8, 4) is 11.4 Å². The third kappa shape index (κ3) is 4.97. The van der Waals surface area contributed by atoms with Crippen molar-refractivity contribution in [3.63, 3.8) is 0 Å². The minimum absolute atomic E-state index is 0.188. The highest BCUT2D eigenvalue weighted by Crippen LogP contribution is 2.40. The molecule has 0 aliphatic carbocycles. The molecule has 224 valence electrons. The Kier molecular flexibility index (Phi) is 8.01. The third-order valence-corrected chi connectivity index (χ3v) is 9.58. The molecule has 1 aliphatic rings. The second kappa shape index (κ2) is 11.8. The lowest BCUT2D eigenvalue weighted by molar-refractivity contribution is -0.139. The molecule has 6 rings (SSSR count). The molecule has 0 N–H and O–H groups in total. The molecule has 0 spiro atoms. The number of allylic oxidation sites excluding steroid dienone is 1. The molecule has 44 heavy (non-hydrogen) atoms. The van der Waals surface area contributed by atoms with E-state index < -0.39 is 12.0 Å². The Morgan fingerprint density at radius 1 is 1.05 bits per heavy atom. The molecule has 5 aromatic rings. The van der Waals surface area contributed by atoms with Gasteiger partial charge in [-0.2, -0.15) is 0 Å². The lowest BCUT2D eigenvalue weighted by atomic mass is 9.90. The van der Waals surface area contributed by atoms with E-state index in [9.17, 15) is 9.59 Å². The number of methoxy groups -OCH3 is 1. The average Bonchev–Trinajstić information content (AvgIpc) is 3.46. The molecule has 1 atom stereocenters. The quantitative estimate of drug-likeness (QED) is 0.193. The first kappa shape index (κ1) is 29.9. The Bertz CT molecular complexity index is 2190. The van der Waals surface area contributed by atoms with Crippen LogP contribution in [0.1, 0.15) is 42.4 Å². The minimum Gasteiger partial charge on any atom is -0.496 e. The van der Waals surface area contributed by atoms with E-state index in [-0.39, 0.29) is 12.2 Å². The summed E-state index contributed by atoms with van der Waals surface area (Å²) in [5, 5.41) is 2.77. The summed E-state index contributed by atoms with van der Waals surface area (Å²) in [6, 6.07) is 18.4. The van der Waals surface area contributed by atoms with Crippen molar-refractivity contribution in [1.82, 2.24) is 9.13 Å². The predicted octanol–water partition coefficient (Wildman–Crippen LogP) is 6.67. The largest absolute Gasteiger partial charge is 0.496 e. The van der Waals surface area contributed by atoms with Crippen LogP contribution in [-0.4, -0.2) is 28.8 Å². The lowest BCUT2D eigenvalue weighted by Crippen LogP contribution is -2.40. The maximum atomic E-state index is 14.4. The van der Waals surface area contributed by atoms with E-state index in [2.05, 4.69) is 4.57 Å². The van der Waals surface area contributed by atoms with E-state index >= 15 is 0 Å². The van der Waals surface area contributed by atoms with Crippen molar-refractivity contribution in [2.24, 2.45) is 4.99 Å². The van der Waals surface area contributed by atoms with Crippen LogP contribution in [0.15, 0.2) is 81.7 Å². The average molecular weight is 647 g/mol. The van der Waals surface area contributed by atoms with Crippen LogP contribution in [0.3, 0.4) is 0 Å². The third-order valence-electron chi connectivity index (χ3n) is 7.86. The second-order valence-corrected chi connectivity index (χ2v) is 12.3. The molecule has 1 aliphatic heterocycles. The molecule has 0 saturated heterocycles. The summed E-state index contributed by atoms with van der Waals surface area (Å²) >= 11 is 13.8. The number of fused-ring (bicyclic) bond motifs is 2. The van der Waals surface area contributed by atoms with Gasteiger partial charge in [0.25, 0.3) is 5.56 Å². The van der Waals surface area contributed by atoms with Gasteiger partial charge in [0.1, 0.15) is 11.8 Å². The van der Waals surface area contributed by atoms with Gasteiger partial charge < -0.3 is 14.0 Å². The number of carbonyl (C=O) groups is 1. The fraction of sp³-hybridized carbons (Fsp3) is 0.206. The first-order valence-corrected chi connectivity index (χ1v) is 15.6. The number of aromatic nitrogens is 2. The number of aryl methyl sites for hydroxylation is 1. The van der Waals surface area contributed by atoms with Crippen molar-refractivity contribution >= 4 is 57.4 Å². The number of benzene rings is 3. The highest BCUT2D eigenvalue weighted by molar-refractivity contribution is 7.07. The normalized spacial score (nSPS) is 15.0. The summed E-state index contributed by atoms with van der Waals surface area (Å²) in [4.78, 5) is 33.1. The number of hydrogen-bond acceptors (Lipinski definition) is 6. The van der Waals surface area contributed by atoms with E-state index in [1.165, 1.54) is 11.3 Å². The van der Waals surface area contributed by atoms with Crippen LogP contribution in [0.4, 0.5) is 0 Å². The zero-order valence-corrected chi connectivity index (χ0v) is 27.1. The zero-order chi connectivity index (χ0) is 31.3. The highest BCUT2D eigenvalue weighted by atomic mass is 35.5. The van der Waals surface area contributed by atoms with Crippen LogP contribution in [0.5, 0.6) is 5.75 Å². The summed E-state index contributed by atoms with van der Waals surface area (Å²) in [7, 11) is 1.58. The van der Waals surface area contributed by atoms with Crippen LogP contribution < -0.4 is 19.6 Å². The van der Waals surface area contributed by atoms with Crippen molar-refractivity contribution in [2.45, 2.75) is 33.7 Å². The van der Waals surface area contributed by atoms with Crippen molar-refractivity contribution in [1.29, 1.82) is 0 Å². The van der Waals surface area contributed by atoms with Gasteiger partial charge in [0.05, 0.1) is 39.6 Å². The number of nitrogens with zero attached hydrogens (tertiary/aromatic N) is 3. The van der Waals surface area contributed by atoms with Crippen LogP contribution in [-0.2, 0) is 9.53 Å². The second-order valence-electron chi connectivity index (χ2n) is 10.5. The molecule has 0 unspecified atom stereocenters. The van der Waals surface area contributed by atoms with Crippen molar-refractivity contribution in [3.05, 3.63) is 124 Å². The smallest absolute Gasteiger partial charge is 0.338 e. The molecule has 0 amide bonds. The van der Waals surface area contributed by atoms with E-state index in [0.29, 0.717) is 42.0 Å². The van der Waals surface area contributed by atoms with E-state index in [0.717, 1.165) is 33.4 Å². The highest BCUT2D eigenvalue weighted by Gasteiger charge is 2.36. The van der Waals surface area contributed by atoms with Gasteiger partial charge in [0.2, 0.25) is 0 Å². The topological polar surface area (TPSA) is 74.8 Å². The molecule has 0 saturated carbocycles. The Hall–Kier alpha value is -4.11. The van der Waals surface area contributed by atoms with Gasteiger partial charge in [-0.05, 0) is 80.4 Å². The molecule has 0 radical (unpaired) electrons. The summed E-state index contributed by atoms with van der Waals surface area (Å²) in [5.74, 6) is 0.0399. The predicted molar refractivity (Wildman–Crippen MR) is 176 cm³/mol. The standard InChI is InChI=1S/C34H29Cl2N3O4S/c1-6-43-33(41)29-19(3)37-34-39(31(29)30-24-10-8-7-9-21(24)11-14-27(30)42-5)32(40)28(44-34)16-22-15-18(2)38(20(22)4)23-12-13-25(35)26(36)17-23/h7-17,31H,6H2,1-5H3/b28-16+/t31-/m0/s1. The van der Waals surface area contributed by atoms with E-state index in [1.807, 2.05) is 74.5 Å². The van der Waals surface area contributed by atoms with Crippen LogP contribution in [0.2, 0.25) is 10.0 Å². The van der Waals surface area contributed by atoms with Crippen LogP contribution >= 0.6 is 34.5 Å². The monoisotopic (exact) mass is 645 g/mol. The zero-order valence-electron chi connectivity index (χ0n) is 24.8. The van der Waals surface area contributed by atoms with Gasteiger partial charge in [-0.25, -0.2) is 9.79 Å². The lowest BCUT2D eigenvalue weighted by Gasteiger charge is -2.27. The van der Waals surface area contributed by atoms with Gasteiger partial charge in [0.15, 0.2) is 4.80 Å². The molecule has 10 heteroatoms. The Morgan fingerprint density at radius 2 is 1.82 bits per heavy atom. The van der Waals surface area contributed by atoms with Crippen molar-refractivity contribution in [2.75, 3.05) is 13.7 Å². The number of ether oxygens (including phenoxy) is 2. The molecule has 3 heterocycles. The first-order chi connectivity index (χ1) is 21.1. The fourth-order valence-electron chi connectivity index (χ4n) is 5.90. The van der Waals surface area contributed by atoms with Gasteiger partial charge in [-0.15, -0.1) is 0 Å². The van der Waals surface area contributed by atoms with Gasteiger partial charge in [-0.1, -0.05) is 64.9 Å². The maximum Gasteiger partial charge on any atom is 0.338 e. The van der Waals surface area contributed by atoms with E-state index in [1.54, 1.807) is 31.6 Å². The molecule has 2 aromatic heterocycles. The number of rotatable bonds is 6. The fourth-order valence-corrected chi connectivity index (χ4v) is 7.23. The Morgan fingerprint density at radius 3 is 2.55 bits per heavy atom. The minimum atomic E-state index is -0.808. The van der Waals surface area contributed by atoms with Gasteiger partial charge in [0, 0.05) is 22.6 Å².